The molecule has 3 nitrogen and oxygen atoms in total. The SMILES string of the molecule is C/C=C/C=C/COC(=O)CCCCC(O)/C=C/CCCC. The summed E-state index contributed by atoms with van der Waals surface area (Å²) in [6.45, 7) is 4.41. The number of aliphatic hydroxyl groups excluding tert-OH is 1. The molecule has 21 heavy (non-hydrogen) atoms. The lowest BCUT2D eigenvalue weighted by Crippen LogP contribution is -2.06. The van der Waals surface area contributed by atoms with Gasteiger partial charge in [-0.3, -0.25) is 4.79 Å². The minimum absolute atomic E-state index is 0.173. The van der Waals surface area contributed by atoms with E-state index >= 15 is 0 Å². The van der Waals surface area contributed by atoms with Crippen molar-refractivity contribution in [2.24, 2.45) is 0 Å². The molecule has 0 fully saturated rings. The smallest absolute Gasteiger partial charge is 0.306 e. The first-order valence-corrected chi connectivity index (χ1v) is 7.98. The molecule has 0 amide bonds. The Morgan fingerprint density at radius 3 is 2.71 bits per heavy atom. The van der Waals surface area contributed by atoms with E-state index < -0.39 is 0 Å². The zero-order valence-corrected chi connectivity index (χ0v) is 13.5. The van der Waals surface area contributed by atoms with Crippen LogP contribution in [-0.2, 0) is 9.53 Å². The van der Waals surface area contributed by atoms with E-state index in [4.69, 9.17) is 4.74 Å². The molecule has 1 N–H and O–H groups in total. The molecule has 0 aromatic heterocycles. The predicted molar refractivity (Wildman–Crippen MR) is 88.1 cm³/mol. The lowest BCUT2D eigenvalue weighted by Gasteiger charge is -2.05. The highest BCUT2D eigenvalue weighted by molar-refractivity contribution is 5.69. The van der Waals surface area contributed by atoms with Crippen molar-refractivity contribution >= 4 is 5.97 Å². The van der Waals surface area contributed by atoms with Gasteiger partial charge in [-0.1, -0.05) is 50.1 Å². The lowest BCUT2D eigenvalue weighted by atomic mass is 10.1. The summed E-state index contributed by atoms with van der Waals surface area (Å²) in [5, 5.41) is 9.72. The van der Waals surface area contributed by atoms with Crippen LogP contribution in [0.15, 0.2) is 36.5 Å². The molecule has 1 atom stereocenters. The van der Waals surface area contributed by atoms with Gasteiger partial charge < -0.3 is 9.84 Å². The van der Waals surface area contributed by atoms with E-state index in [1.54, 1.807) is 0 Å². The quantitative estimate of drug-likeness (QED) is 0.252. The Bertz CT molecular complexity index is 329. The third-order valence-corrected chi connectivity index (χ3v) is 2.99. The van der Waals surface area contributed by atoms with Crippen LogP contribution in [0.2, 0.25) is 0 Å². The van der Waals surface area contributed by atoms with Crippen molar-refractivity contribution in [1.82, 2.24) is 0 Å². The number of hydrogen-bond acceptors (Lipinski definition) is 3. The van der Waals surface area contributed by atoms with Crippen LogP contribution in [0.25, 0.3) is 0 Å². The van der Waals surface area contributed by atoms with Crippen LogP contribution in [0.1, 0.15) is 58.8 Å². The van der Waals surface area contributed by atoms with Crippen LogP contribution < -0.4 is 0 Å². The molecule has 0 rings (SSSR count). The molecule has 0 spiro atoms. The Balaban J connectivity index is 3.52. The van der Waals surface area contributed by atoms with E-state index in [1.807, 2.05) is 43.4 Å². The number of rotatable bonds is 12. The Morgan fingerprint density at radius 2 is 2.00 bits per heavy atom. The molecule has 0 bridgehead atoms. The van der Waals surface area contributed by atoms with E-state index in [2.05, 4.69) is 6.92 Å². The number of hydrogen-bond donors (Lipinski definition) is 1. The summed E-state index contributed by atoms with van der Waals surface area (Å²) in [5.74, 6) is -0.173. The highest BCUT2D eigenvalue weighted by Gasteiger charge is 2.03. The van der Waals surface area contributed by atoms with Crippen molar-refractivity contribution in [3.63, 3.8) is 0 Å². The fraction of sp³-hybridized carbons (Fsp3) is 0.611. The van der Waals surface area contributed by atoms with E-state index in [-0.39, 0.29) is 12.1 Å². The summed E-state index contributed by atoms with van der Waals surface area (Å²) < 4.78 is 5.05. The molecule has 0 aliphatic heterocycles. The number of unbranched alkanes of at least 4 members (excludes halogenated alkanes) is 3. The molecule has 0 aliphatic carbocycles. The Morgan fingerprint density at radius 1 is 1.19 bits per heavy atom. The highest BCUT2D eigenvalue weighted by atomic mass is 16.5. The van der Waals surface area contributed by atoms with Crippen molar-refractivity contribution in [3.8, 4) is 0 Å². The van der Waals surface area contributed by atoms with Gasteiger partial charge in [-0.05, 0) is 38.7 Å². The first-order chi connectivity index (χ1) is 10.2. The maximum absolute atomic E-state index is 11.4. The number of allylic oxidation sites excluding steroid dienone is 4. The monoisotopic (exact) mass is 294 g/mol. The third kappa shape index (κ3) is 14.9. The molecule has 120 valence electrons. The molecule has 0 aromatic rings. The molecule has 0 saturated heterocycles. The summed E-state index contributed by atoms with van der Waals surface area (Å²) in [4.78, 5) is 11.4. The van der Waals surface area contributed by atoms with Gasteiger partial charge in [0.2, 0.25) is 0 Å². The van der Waals surface area contributed by atoms with Crippen LogP contribution in [0, 0.1) is 0 Å². The van der Waals surface area contributed by atoms with Crippen LogP contribution >= 0.6 is 0 Å². The topological polar surface area (TPSA) is 46.5 Å². The molecule has 1 unspecified atom stereocenters. The molecule has 0 aromatic carbocycles. The highest BCUT2D eigenvalue weighted by Crippen LogP contribution is 2.07. The molecule has 0 heterocycles. The molecule has 0 radical (unpaired) electrons. The van der Waals surface area contributed by atoms with Gasteiger partial charge in [0.15, 0.2) is 0 Å². The van der Waals surface area contributed by atoms with Crippen molar-refractivity contribution in [2.75, 3.05) is 6.61 Å². The predicted octanol–water partition coefficient (Wildman–Crippen LogP) is 4.33. The normalized spacial score (nSPS) is 13.5. The zero-order valence-electron chi connectivity index (χ0n) is 13.5. The Kier molecular flexibility index (Phi) is 14.1. The summed E-state index contributed by atoms with van der Waals surface area (Å²) >= 11 is 0. The number of carbonyl (C=O) groups excluding carboxylic acids is 1. The van der Waals surface area contributed by atoms with Gasteiger partial charge in [0.05, 0.1) is 6.10 Å². The molecule has 0 saturated carbocycles. The largest absolute Gasteiger partial charge is 0.461 e. The summed E-state index contributed by atoms with van der Waals surface area (Å²) in [7, 11) is 0. The Hall–Kier alpha value is -1.35. The van der Waals surface area contributed by atoms with E-state index in [0.29, 0.717) is 19.4 Å². The second-order valence-corrected chi connectivity index (χ2v) is 5.02. The summed E-state index contributed by atoms with van der Waals surface area (Å²) in [6.07, 6.45) is 17.1. The zero-order chi connectivity index (χ0) is 15.8. The maximum Gasteiger partial charge on any atom is 0.306 e. The van der Waals surface area contributed by atoms with Crippen molar-refractivity contribution < 1.29 is 14.6 Å². The molecular weight excluding hydrogens is 264 g/mol. The van der Waals surface area contributed by atoms with Crippen LogP contribution in [0.3, 0.4) is 0 Å². The summed E-state index contributed by atoms with van der Waals surface area (Å²) in [6, 6.07) is 0. The Labute approximate surface area is 129 Å². The van der Waals surface area contributed by atoms with Crippen molar-refractivity contribution in [3.05, 3.63) is 36.5 Å². The maximum atomic E-state index is 11.4. The van der Waals surface area contributed by atoms with Crippen molar-refractivity contribution in [1.29, 1.82) is 0 Å². The van der Waals surface area contributed by atoms with Crippen molar-refractivity contribution in [2.45, 2.75) is 64.9 Å². The van der Waals surface area contributed by atoms with Gasteiger partial charge in [-0.15, -0.1) is 0 Å². The minimum Gasteiger partial charge on any atom is -0.461 e. The average Bonchev–Trinajstić information content (AvgIpc) is 2.48. The number of aliphatic hydroxyl groups is 1. The fourth-order valence-electron chi connectivity index (χ4n) is 1.75. The van der Waals surface area contributed by atoms with E-state index in [0.717, 1.165) is 25.7 Å². The first-order valence-electron chi connectivity index (χ1n) is 7.98. The molecule has 3 heteroatoms. The van der Waals surface area contributed by atoms with Gasteiger partial charge >= 0.3 is 5.97 Å². The van der Waals surface area contributed by atoms with Gasteiger partial charge in [0.1, 0.15) is 6.61 Å². The first kappa shape index (κ1) is 19.7. The van der Waals surface area contributed by atoms with E-state index in [9.17, 15) is 9.90 Å². The van der Waals surface area contributed by atoms with Gasteiger partial charge in [-0.2, -0.15) is 0 Å². The fourth-order valence-corrected chi connectivity index (χ4v) is 1.75. The van der Waals surface area contributed by atoms with Crippen LogP contribution in [-0.4, -0.2) is 23.8 Å². The number of ether oxygens (including phenoxy) is 1. The van der Waals surface area contributed by atoms with Gasteiger partial charge in [0.25, 0.3) is 0 Å². The van der Waals surface area contributed by atoms with Crippen LogP contribution in [0.5, 0.6) is 0 Å². The number of esters is 1. The second-order valence-electron chi connectivity index (χ2n) is 5.02. The molecular formula is C18H30O3. The van der Waals surface area contributed by atoms with E-state index in [1.165, 1.54) is 6.42 Å². The number of carbonyl (C=O) groups is 1. The van der Waals surface area contributed by atoms with Crippen LogP contribution in [0.4, 0.5) is 0 Å². The van der Waals surface area contributed by atoms with Gasteiger partial charge in [-0.25, -0.2) is 0 Å². The second kappa shape index (κ2) is 15.0. The minimum atomic E-state index is -0.387. The third-order valence-electron chi connectivity index (χ3n) is 2.99. The lowest BCUT2D eigenvalue weighted by molar-refractivity contribution is -0.142. The summed E-state index contributed by atoms with van der Waals surface area (Å²) in [5.41, 5.74) is 0. The standard InChI is InChI=1S/C18H30O3/c1-3-5-7-9-13-17(19)14-10-11-15-18(20)21-16-12-8-6-4-2/h4,6,8-9,12-13,17,19H,3,5,7,10-11,14-16H2,1-2H3/b6-4+,12-8+,13-9+. The average molecular weight is 294 g/mol. The van der Waals surface area contributed by atoms with Gasteiger partial charge in [0, 0.05) is 6.42 Å². The molecule has 0 aliphatic rings.